The Balaban J connectivity index is 1.35. The second-order valence-corrected chi connectivity index (χ2v) is 6.97. The van der Waals surface area contributed by atoms with Crippen LogP contribution in [-0.2, 0) is 9.63 Å². The molecule has 4 rings (SSSR count). The van der Waals surface area contributed by atoms with Crippen molar-refractivity contribution in [2.75, 3.05) is 18.4 Å². The number of pyridine rings is 1. The highest BCUT2D eigenvalue weighted by Gasteiger charge is 2.48. The van der Waals surface area contributed by atoms with E-state index in [2.05, 4.69) is 20.8 Å². The van der Waals surface area contributed by atoms with Gasteiger partial charge in [-0.05, 0) is 31.9 Å². The first kappa shape index (κ1) is 15.9. The molecule has 1 spiro atoms. The van der Waals surface area contributed by atoms with Gasteiger partial charge in [0.05, 0.1) is 17.9 Å². The number of carbonyl (C=O) groups excluding carboxylic acids is 2. The van der Waals surface area contributed by atoms with Crippen molar-refractivity contribution in [3.05, 3.63) is 24.0 Å². The van der Waals surface area contributed by atoms with Crippen LogP contribution < -0.4 is 10.6 Å². The van der Waals surface area contributed by atoms with Crippen LogP contribution in [-0.4, -0.2) is 52.3 Å². The molecule has 8 heteroatoms. The summed E-state index contributed by atoms with van der Waals surface area (Å²) in [6.07, 6.45) is 4.88. The predicted molar refractivity (Wildman–Crippen MR) is 91.2 cm³/mol. The molecule has 2 N–H and O–H groups in total. The summed E-state index contributed by atoms with van der Waals surface area (Å²) in [5.41, 5.74) is 1.19. The minimum absolute atomic E-state index is 0.0492. The number of hydrogen-bond donors (Lipinski definition) is 2. The van der Waals surface area contributed by atoms with Gasteiger partial charge in [0.2, 0.25) is 0 Å². The second kappa shape index (κ2) is 6.02. The molecule has 1 atom stereocenters. The molecule has 25 heavy (non-hydrogen) atoms. The third kappa shape index (κ3) is 3.29. The summed E-state index contributed by atoms with van der Waals surface area (Å²) >= 11 is 0. The Bertz CT molecular complexity index is 746. The van der Waals surface area contributed by atoms with Crippen LogP contribution in [0, 0.1) is 6.92 Å². The van der Waals surface area contributed by atoms with Crippen molar-refractivity contribution in [3.63, 3.8) is 0 Å². The Morgan fingerprint density at radius 2 is 2.24 bits per heavy atom. The van der Waals surface area contributed by atoms with Gasteiger partial charge in [-0.3, -0.25) is 9.78 Å². The van der Waals surface area contributed by atoms with E-state index in [9.17, 15) is 9.59 Å². The fraction of sp³-hybridized carbons (Fsp3) is 0.529. The molecule has 1 saturated carbocycles. The smallest absolute Gasteiger partial charge is 0.317 e. The number of urea groups is 1. The van der Waals surface area contributed by atoms with Gasteiger partial charge in [-0.1, -0.05) is 5.16 Å². The zero-order chi connectivity index (χ0) is 17.4. The number of anilines is 1. The molecule has 3 aliphatic rings. The number of rotatable bonds is 3. The first-order valence-electron chi connectivity index (χ1n) is 8.58. The van der Waals surface area contributed by atoms with Crippen molar-refractivity contribution in [3.8, 4) is 0 Å². The molecule has 3 amide bonds. The lowest BCUT2D eigenvalue weighted by Crippen LogP contribution is -2.42. The van der Waals surface area contributed by atoms with E-state index in [0.29, 0.717) is 43.4 Å². The molecule has 0 unspecified atom stereocenters. The molecular weight excluding hydrogens is 322 g/mol. The molecule has 3 heterocycles. The Morgan fingerprint density at radius 1 is 1.40 bits per heavy atom. The van der Waals surface area contributed by atoms with Gasteiger partial charge in [0.25, 0.3) is 5.91 Å². The summed E-state index contributed by atoms with van der Waals surface area (Å²) in [4.78, 5) is 36.1. The summed E-state index contributed by atoms with van der Waals surface area (Å²) in [5, 5.41) is 9.79. The highest BCUT2D eigenvalue weighted by atomic mass is 16.7. The fourth-order valence-corrected chi connectivity index (χ4v) is 3.18. The zero-order valence-electron chi connectivity index (χ0n) is 14.1. The predicted octanol–water partition coefficient (Wildman–Crippen LogP) is 1.42. The third-order valence-electron chi connectivity index (χ3n) is 4.86. The number of amides is 3. The van der Waals surface area contributed by atoms with Crippen LogP contribution in [0.15, 0.2) is 23.5 Å². The molecule has 2 fully saturated rings. The fourth-order valence-electron chi connectivity index (χ4n) is 3.18. The van der Waals surface area contributed by atoms with Gasteiger partial charge in [-0.25, -0.2) is 4.79 Å². The summed E-state index contributed by atoms with van der Waals surface area (Å²) < 4.78 is 0. The van der Waals surface area contributed by atoms with E-state index < -0.39 is 5.60 Å². The van der Waals surface area contributed by atoms with Crippen LogP contribution in [0.3, 0.4) is 0 Å². The molecule has 1 aromatic heterocycles. The van der Waals surface area contributed by atoms with Crippen molar-refractivity contribution in [1.29, 1.82) is 0 Å². The van der Waals surface area contributed by atoms with E-state index in [0.717, 1.165) is 18.5 Å². The van der Waals surface area contributed by atoms with Gasteiger partial charge in [0.15, 0.2) is 5.60 Å². The molecule has 0 radical (unpaired) electrons. The number of hydrogen-bond acceptors (Lipinski definition) is 5. The number of aromatic nitrogens is 1. The minimum atomic E-state index is -0.572. The quantitative estimate of drug-likeness (QED) is 0.867. The van der Waals surface area contributed by atoms with Crippen LogP contribution in [0.4, 0.5) is 10.5 Å². The lowest BCUT2D eigenvalue weighted by atomic mass is 9.96. The standard InChI is InChI=1S/C17H21N5O3/c1-11-13(3-2-7-18-11)20-15(23)14-9-17(25-21-14)6-8-22(10-17)16(24)19-12-4-5-12/h2-3,7,12H,4-6,8-10H2,1H3,(H,19,24)(H,20,23)/t17-/m1/s1. The van der Waals surface area contributed by atoms with Crippen LogP contribution in [0.1, 0.15) is 31.4 Å². The Morgan fingerprint density at radius 3 is 3.00 bits per heavy atom. The number of aryl methyl sites for hydroxylation is 1. The summed E-state index contributed by atoms with van der Waals surface area (Å²) in [6, 6.07) is 3.84. The Hall–Kier alpha value is -2.64. The van der Waals surface area contributed by atoms with Gasteiger partial charge in [-0.15, -0.1) is 0 Å². The molecule has 0 bridgehead atoms. The monoisotopic (exact) mass is 343 g/mol. The number of carbonyl (C=O) groups is 2. The Kier molecular flexibility index (Phi) is 3.82. The highest BCUT2D eigenvalue weighted by Crippen LogP contribution is 2.34. The average Bonchev–Trinajstić information content (AvgIpc) is 3.17. The molecule has 0 aromatic carbocycles. The van der Waals surface area contributed by atoms with Gasteiger partial charge in [0.1, 0.15) is 5.71 Å². The average molecular weight is 343 g/mol. The normalized spacial score (nSPS) is 24.8. The van der Waals surface area contributed by atoms with E-state index in [1.165, 1.54) is 0 Å². The number of likely N-dealkylation sites (tertiary alicyclic amines) is 1. The molecule has 1 aliphatic carbocycles. The third-order valence-corrected chi connectivity index (χ3v) is 4.86. The maximum absolute atomic E-state index is 12.4. The van der Waals surface area contributed by atoms with E-state index >= 15 is 0 Å². The minimum Gasteiger partial charge on any atom is -0.386 e. The molecule has 1 aromatic rings. The SMILES string of the molecule is Cc1ncccc1NC(=O)C1=NO[C@]2(CCN(C(=O)NC3CC3)C2)C1. The van der Waals surface area contributed by atoms with E-state index in [-0.39, 0.29) is 11.9 Å². The van der Waals surface area contributed by atoms with Crippen molar-refractivity contribution >= 4 is 23.3 Å². The maximum atomic E-state index is 12.4. The van der Waals surface area contributed by atoms with E-state index in [4.69, 9.17) is 4.84 Å². The van der Waals surface area contributed by atoms with Crippen molar-refractivity contribution in [2.45, 2.75) is 44.2 Å². The van der Waals surface area contributed by atoms with Gasteiger partial charge < -0.3 is 20.4 Å². The highest BCUT2D eigenvalue weighted by molar-refractivity contribution is 6.43. The molecule has 1 saturated heterocycles. The van der Waals surface area contributed by atoms with Gasteiger partial charge in [-0.2, -0.15) is 0 Å². The number of nitrogens with one attached hydrogen (secondary N) is 2. The summed E-state index contributed by atoms with van der Waals surface area (Å²) in [7, 11) is 0. The van der Waals surface area contributed by atoms with Crippen LogP contribution >= 0.6 is 0 Å². The van der Waals surface area contributed by atoms with E-state index in [1.54, 1.807) is 23.2 Å². The number of oxime groups is 1. The van der Waals surface area contributed by atoms with Gasteiger partial charge >= 0.3 is 6.03 Å². The largest absolute Gasteiger partial charge is 0.386 e. The lowest BCUT2D eigenvalue weighted by Gasteiger charge is -2.21. The first-order valence-corrected chi connectivity index (χ1v) is 8.58. The lowest BCUT2D eigenvalue weighted by molar-refractivity contribution is -0.110. The summed E-state index contributed by atoms with van der Waals surface area (Å²) in [6.45, 7) is 2.90. The molecule has 8 nitrogen and oxygen atoms in total. The second-order valence-electron chi connectivity index (χ2n) is 6.97. The first-order chi connectivity index (χ1) is 12.0. The zero-order valence-corrected chi connectivity index (χ0v) is 14.1. The molecule has 2 aliphatic heterocycles. The van der Waals surface area contributed by atoms with E-state index in [1.807, 2.05) is 6.92 Å². The molecule has 132 valence electrons. The Labute approximate surface area is 145 Å². The van der Waals surface area contributed by atoms with Crippen LogP contribution in [0.5, 0.6) is 0 Å². The number of nitrogens with zero attached hydrogens (tertiary/aromatic N) is 3. The molecular formula is C17H21N5O3. The maximum Gasteiger partial charge on any atom is 0.317 e. The topological polar surface area (TPSA) is 95.9 Å². The van der Waals surface area contributed by atoms with Crippen molar-refractivity contribution in [2.24, 2.45) is 5.16 Å². The van der Waals surface area contributed by atoms with Crippen LogP contribution in [0.2, 0.25) is 0 Å². The van der Waals surface area contributed by atoms with Gasteiger partial charge in [0, 0.05) is 31.6 Å². The van der Waals surface area contributed by atoms with Crippen molar-refractivity contribution in [1.82, 2.24) is 15.2 Å². The summed E-state index contributed by atoms with van der Waals surface area (Å²) in [5.74, 6) is -0.283. The van der Waals surface area contributed by atoms with Crippen LogP contribution in [0.25, 0.3) is 0 Å². The van der Waals surface area contributed by atoms with Crippen molar-refractivity contribution < 1.29 is 14.4 Å².